The van der Waals surface area contributed by atoms with Crippen LogP contribution in [0.15, 0.2) is 34.9 Å². The van der Waals surface area contributed by atoms with Crippen LogP contribution < -0.4 is 4.74 Å². The molecule has 0 radical (unpaired) electrons. The number of carbonyl (C=O) groups is 1. The normalized spacial score (nSPS) is 9.64. The number of ether oxygens (including phenoxy) is 1. The van der Waals surface area contributed by atoms with Gasteiger partial charge in [0.2, 0.25) is 0 Å². The third kappa shape index (κ3) is 1.34. The van der Waals surface area contributed by atoms with Crippen LogP contribution in [0.4, 0.5) is 0 Å². The SMILES string of the molecule is C#CC(=O)Oc1cccc2ccoc12. The van der Waals surface area contributed by atoms with Gasteiger partial charge in [0.15, 0.2) is 11.3 Å². The molecule has 2 rings (SSSR count). The number of terminal acetylenes is 1. The van der Waals surface area contributed by atoms with Gasteiger partial charge >= 0.3 is 5.97 Å². The van der Waals surface area contributed by atoms with Gasteiger partial charge in [0.1, 0.15) is 0 Å². The van der Waals surface area contributed by atoms with E-state index in [1.807, 2.05) is 12.0 Å². The molecule has 0 amide bonds. The lowest BCUT2D eigenvalue weighted by Crippen LogP contribution is -2.03. The molecule has 2 aromatic rings. The van der Waals surface area contributed by atoms with Crippen molar-refractivity contribution >= 4 is 16.9 Å². The second-order valence-corrected chi connectivity index (χ2v) is 2.63. The highest BCUT2D eigenvalue weighted by Crippen LogP contribution is 2.26. The molecule has 1 aromatic heterocycles. The predicted molar refractivity (Wildman–Crippen MR) is 50.7 cm³/mol. The standard InChI is InChI=1S/C11H6O3/c1-2-10(12)14-9-5-3-4-8-6-7-13-11(8)9/h1,3-7H. The molecule has 0 unspecified atom stereocenters. The molecular formula is C11H6O3. The molecular weight excluding hydrogens is 180 g/mol. The topological polar surface area (TPSA) is 39.4 Å². The predicted octanol–water partition coefficient (Wildman–Crippen LogP) is 1.97. The van der Waals surface area contributed by atoms with Gasteiger partial charge in [0.25, 0.3) is 0 Å². The van der Waals surface area contributed by atoms with E-state index in [0.29, 0.717) is 11.3 Å². The number of benzene rings is 1. The molecule has 0 aliphatic heterocycles. The second kappa shape index (κ2) is 3.27. The Balaban J connectivity index is 2.47. The van der Waals surface area contributed by atoms with E-state index in [9.17, 15) is 4.79 Å². The van der Waals surface area contributed by atoms with Crippen LogP contribution in [0.3, 0.4) is 0 Å². The van der Waals surface area contributed by atoms with Gasteiger partial charge in [-0.1, -0.05) is 12.1 Å². The maximum absolute atomic E-state index is 10.8. The minimum Gasteiger partial charge on any atom is -0.460 e. The van der Waals surface area contributed by atoms with Crippen LogP contribution in [0.25, 0.3) is 11.0 Å². The van der Waals surface area contributed by atoms with Gasteiger partial charge in [-0.25, -0.2) is 4.79 Å². The van der Waals surface area contributed by atoms with Crippen LogP contribution in [0, 0.1) is 12.3 Å². The molecule has 0 aliphatic carbocycles. The fourth-order valence-corrected chi connectivity index (χ4v) is 1.18. The summed E-state index contributed by atoms with van der Waals surface area (Å²) in [6, 6.07) is 7.02. The van der Waals surface area contributed by atoms with Crippen LogP contribution >= 0.6 is 0 Å². The fourth-order valence-electron chi connectivity index (χ4n) is 1.18. The van der Waals surface area contributed by atoms with Gasteiger partial charge in [-0.05, 0) is 12.1 Å². The monoisotopic (exact) mass is 186 g/mol. The number of carbonyl (C=O) groups excluding carboxylic acids is 1. The first-order valence-electron chi connectivity index (χ1n) is 3.96. The molecule has 68 valence electrons. The molecule has 0 bridgehead atoms. The largest absolute Gasteiger partial charge is 0.460 e. The van der Waals surface area contributed by atoms with E-state index >= 15 is 0 Å². The van der Waals surface area contributed by atoms with Crippen LogP contribution in [0.5, 0.6) is 5.75 Å². The fraction of sp³-hybridized carbons (Fsp3) is 0. The number of rotatable bonds is 1. The van der Waals surface area contributed by atoms with E-state index < -0.39 is 5.97 Å². The molecule has 1 heterocycles. The summed E-state index contributed by atoms with van der Waals surface area (Å²) in [4.78, 5) is 10.8. The third-order valence-corrected chi connectivity index (χ3v) is 1.76. The van der Waals surface area contributed by atoms with E-state index in [4.69, 9.17) is 15.6 Å². The molecule has 0 N–H and O–H groups in total. The lowest BCUT2D eigenvalue weighted by molar-refractivity contribution is -0.127. The molecule has 0 fully saturated rings. The molecule has 0 saturated carbocycles. The Morgan fingerprint density at radius 1 is 1.43 bits per heavy atom. The Morgan fingerprint density at radius 3 is 3.07 bits per heavy atom. The molecule has 0 aliphatic rings. The zero-order chi connectivity index (χ0) is 9.97. The average Bonchev–Trinajstić information content (AvgIpc) is 2.66. The first-order chi connectivity index (χ1) is 6.81. The first-order valence-corrected chi connectivity index (χ1v) is 3.96. The summed E-state index contributed by atoms with van der Waals surface area (Å²) in [6.45, 7) is 0. The molecule has 0 atom stereocenters. The number of para-hydroxylation sites is 1. The van der Waals surface area contributed by atoms with Gasteiger partial charge in [-0.2, -0.15) is 0 Å². The smallest absolute Gasteiger partial charge is 0.389 e. The molecule has 3 nitrogen and oxygen atoms in total. The molecule has 1 aromatic carbocycles. The summed E-state index contributed by atoms with van der Waals surface area (Å²) in [7, 11) is 0. The van der Waals surface area contributed by atoms with Gasteiger partial charge in [-0.3, -0.25) is 0 Å². The van der Waals surface area contributed by atoms with Crippen molar-refractivity contribution < 1.29 is 13.9 Å². The van der Waals surface area contributed by atoms with Crippen molar-refractivity contribution in [2.45, 2.75) is 0 Å². The van der Waals surface area contributed by atoms with Crippen molar-refractivity contribution in [1.82, 2.24) is 0 Å². The van der Waals surface area contributed by atoms with Crippen molar-refractivity contribution in [3.63, 3.8) is 0 Å². The van der Waals surface area contributed by atoms with Crippen LogP contribution in [0.2, 0.25) is 0 Å². The average molecular weight is 186 g/mol. The lowest BCUT2D eigenvalue weighted by atomic mass is 10.2. The third-order valence-electron chi connectivity index (χ3n) is 1.76. The Hall–Kier alpha value is -2.21. The molecule has 0 spiro atoms. The van der Waals surface area contributed by atoms with Gasteiger partial charge in [0, 0.05) is 11.3 Å². The maximum atomic E-state index is 10.8. The van der Waals surface area contributed by atoms with Crippen molar-refractivity contribution in [3.05, 3.63) is 30.5 Å². The van der Waals surface area contributed by atoms with Crippen LogP contribution in [-0.2, 0) is 4.79 Å². The number of furan rings is 1. The minimum atomic E-state index is -0.728. The highest BCUT2D eigenvalue weighted by molar-refractivity contribution is 5.92. The van der Waals surface area contributed by atoms with E-state index in [2.05, 4.69) is 0 Å². The molecule has 14 heavy (non-hydrogen) atoms. The van der Waals surface area contributed by atoms with Gasteiger partial charge < -0.3 is 9.15 Å². The van der Waals surface area contributed by atoms with Gasteiger partial charge in [0.05, 0.1) is 6.26 Å². The summed E-state index contributed by atoms with van der Waals surface area (Å²) in [5.41, 5.74) is 0.524. The number of hydrogen-bond acceptors (Lipinski definition) is 3. The molecule has 0 saturated heterocycles. The minimum absolute atomic E-state index is 0.343. The van der Waals surface area contributed by atoms with E-state index in [0.717, 1.165) is 5.39 Å². The summed E-state index contributed by atoms with van der Waals surface area (Å²) in [5.74, 6) is 1.48. The summed E-state index contributed by atoms with van der Waals surface area (Å²) >= 11 is 0. The Morgan fingerprint density at radius 2 is 2.29 bits per heavy atom. The summed E-state index contributed by atoms with van der Waals surface area (Å²) < 4.78 is 10.0. The quantitative estimate of drug-likeness (QED) is 0.296. The Bertz CT molecular complexity index is 517. The maximum Gasteiger partial charge on any atom is 0.389 e. The van der Waals surface area contributed by atoms with Crippen molar-refractivity contribution in [2.75, 3.05) is 0 Å². The summed E-state index contributed by atoms with van der Waals surface area (Å²) in [5, 5.41) is 0.868. The summed E-state index contributed by atoms with van der Waals surface area (Å²) in [6.07, 6.45) is 6.41. The Labute approximate surface area is 80.3 Å². The lowest BCUT2D eigenvalue weighted by Gasteiger charge is -1.99. The van der Waals surface area contributed by atoms with E-state index in [1.165, 1.54) is 6.26 Å². The van der Waals surface area contributed by atoms with Gasteiger partial charge in [-0.15, -0.1) is 6.42 Å². The van der Waals surface area contributed by atoms with E-state index in [-0.39, 0.29) is 0 Å². The molecule has 3 heteroatoms. The van der Waals surface area contributed by atoms with Crippen molar-refractivity contribution in [1.29, 1.82) is 0 Å². The number of fused-ring (bicyclic) bond motifs is 1. The zero-order valence-electron chi connectivity index (χ0n) is 7.19. The van der Waals surface area contributed by atoms with Crippen molar-refractivity contribution in [2.24, 2.45) is 0 Å². The number of hydrogen-bond donors (Lipinski definition) is 0. The van der Waals surface area contributed by atoms with Crippen LogP contribution in [-0.4, -0.2) is 5.97 Å². The van der Waals surface area contributed by atoms with Crippen molar-refractivity contribution in [3.8, 4) is 18.1 Å². The first kappa shape index (κ1) is 8.39. The van der Waals surface area contributed by atoms with Crippen LogP contribution in [0.1, 0.15) is 0 Å². The number of esters is 1. The van der Waals surface area contributed by atoms with E-state index in [1.54, 1.807) is 18.2 Å². The zero-order valence-corrected chi connectivity index (χ0v) is 7.19. The Kier molecular flexibility index (Phi) is 1.96. The highest BCUT2D eigenvalue weighted by atomic mass is 16.5. The second-order valence-electron chi connectivity index (χ2n) is 2.63. The highest BCUT2D eigenvalue weighted by Gasteiger charge is 2.07.